The second-order valence-corrected chi connectivity index (χ2v) is 5.97. The molecule has 5 nitrogen and oxygen atoms in total. The van der Waals surface area contributed by atoms with Crippen LogP contribution in [0.15, 0.2) is 24.3 Å². The molecule has 1 aliphatic rings. The molecule has 1 amide bonds. The van der Waals surface area contributed by atoms with Gasteiger partial charge in [0.05, 0.1) is 6.42 Å². The molecule has 5 heteroatoms. The summed E-state index contributed by atoms with van der Waals surface area (Å²) in [7, 11) is 0. The van der Waals surface area contributed by atoms with E-state index in [1.54, 1.807) is 4.90 Å². The number of carbonyl (C=O) groups excluding carboxylic acids is 1. The minimum Gasteiger partial charge on any atom is -0.481 e. The van der Waals surface area contributed by atoms with Crippen molar-refractivity contribution in [2.24, 2.45) is 11.7 Å². The molecule has 0 bridgehead atoms. The fraction of sp³-hybridized carbons (Fsp3) is 0.500. The molecular formula is C16H22N2O3. The molecule has 3 N–H and O–H groups in total. The fourth-order valence-corrected chi connectivity index (χ4v) is 2.66. The van der Waals surface area contributed by atoms with Gasteiger partial charge in [-0.05, 0) is 17.5 Å². The SMILES string of the molecule is CC(C)C(N)CC(=O)N1CC(CC(=O)O)c2ccccc21. The number of fused-ring (bicyclic) bond motifs is 1. The summed E-state index contributed by atoms with van der Waals surface area (Å²) in [6.45, 7) is 4.40. The van der Waals surface area contributed by atoms with E-state index in [0.29, 0.717) is 6.54 Å². The van der Waals surface area contributed by atoms with Gasteiger partial charge in [-0.15, -0.1) is 0 Å². The highest BCUT2D eigenvalue weighted by molar-refractivity contribution is 5.96. The number of benzene rings is 1. The van der Waals surface area contributed by atoms with E-state index in [9.17, 15) is 9.59 Å². The minimum absolute atomic E-state index is 0.0310. The summed E-state index contributed by atoms with van der Waals surface area (Å²) in [5, 5.41) is 9.02. The Hall–Kier alpha value is -1.88. The Morgan fingerprint density at radius 1 is 1.38 bits per heavy atom. The van der Waals surface area contributed by atoms with Crippen molar-refractivity contribution >= 4 is 17.6 Å². The summed E-state index contributed by atoms with van der Waals surface area (Å²) in [6, 6.07) is 7.34. The van der Waals surface area contributed by atoms with Crippen molar-refractivity contribution in [3.8, 4) is 0 Å². The van der Waals surface area contributed by atoms with E-state index < -0.39 is 5.97 Å². The van der Waals surface area contributed by atoms with Crippen LogP contribution in [0.2, 0.25) is 0 Å². The molecule has 2 atom stereocenters. The van der Waals surface area contributed by atoms with Gasteiger partial charge < -0.3 is 15.7 Å². The molecule has 0 spiro atoms. The summed E-state index contributed by atoms with van der Waals surface area (Å²) in [5.74, 6) is -0.779. The number of carboxylic acids is 1. The van der Waals surface area contributed by atoms with Gasteiger partial charge in [0.25, 0.3) is 0 Å². The molecular weight excluding hydrogens is 268 g/mol. The zero-order chi connectivity index (χ0) is 15.6. The minimum atomic E-state index is -0.844. The highest BCUT2D eigenvalue weighted by Gasteiger charge is 2.33. The van der Waals surface area contributed by atoms with Gasteiger partial charge >= 0.3 is 5.97 Å². The van der Waals surface area contributed by atoms with Crippen LogP contribution in [0.3, 0.4) is 0 Å². The summed E-state index contributed by atoms with van der Waals surface area (Å²) >= 11 is 0. The lowest BCUT2D eigenvalue weighted by Crippen LogP contribution is -2.37. The second-order valence-electron chi connectivity index (χ2n) is 5.97. The number of hydrogen-bond donors (Lipinski definition) is 2. The molecule has 2 unspecified atom stereocenters. The average molecular weight is 290 g/mol. The molecule has 0 radical (unpaired) electrons. The zero-order valence-electron chi connectivity index (χ0n) is 12.5. The topological polar surface area (TPSA) is 83.6 Å². The van der Waals surface area contributed by atoms with E-state index in [1.807, 2.05) is 38.1 Å². The van der Waals surface area contributed by atoms with Crippen LogP contribution in [0, 0.1) is 5.92 Å². The first-order valence-electron chi connectivity index (χ1n) is 7.26. The number of aliphatic carboxylic acids is 1. The van der Waals surface area contributed by atoms with Crippen LogP contribution < -0.4 is 10.6 Å². The normalized spacial score (nSPS) is 18.7. The summed E-state index contributed by atoms with van der Waals surface area (Å²) in [6.07, 6.45) is 0.322. The number of amides is 1. The van der Waals surface area contributed by atoms with E-state index in [2.05, 4.69) is 0 Å². The molecule has 0 fully saturated rings. The monoisotopic (exact) mass is 290 g/mol. The number of para-hydroxylation sites is 1. The largest absolute Gasteiger partial charge is 0.481 e. The molecule has 1 heterocycles. The third-order valence-corrected chi connectivity index (χ3v) is 4.06. The van der Waals surface area contributed by atoms with E-state index in [4.69, 9.17) is 10.8 Å². The quantitative estimate of drug-likeness (QED) is 0.868. The maximum Gasteiger partial charge on any atom is 0.304 e. The lowest BCUT2D eigenvalue weighted by molar-refractivity contribution is -0.137. The van der Waals surface area contributed by atoms with Crippen molar-refractivity contribution in [1.29, 1.82) is 0 Å². The van der Waals surface area contributed by atoms with Gasteiger partial charge in [0.1, 0.15) is 0 Å². The number of rotatable bonds is 5. The molecule has 1 aromatic carbocycles. The Bertz CT molecular complexity index is 542. The Labute approximate surface area is 124 Å². The van der Waals surface area contributed by atoms with Crippen molar-refractivity contribution in [3.63, 3.8) is 0 Å². The summed E-state index contributed by atoms with van der Waals surface area (Å²) in [5.41, 5.74) is 7.74. The van der Waals surface area contributed by atoms with Crippen LogP contribution in [0.1, 0.15) is 38.2 Å². The first kappa shape index (κ1) is 15.5. The molecule has 0 aromatic heterocycles. The number of nitrogens with two attached hydrogens (primary N) is 1. The predicted octanol–water partition coefficient (Wildman–Crippen LogP) is 1.96. The molecule has 21 heavy (non-hydrogen) atoms. The maximum absolute atomic E-state index is 12.5. The van der Waals surface area contributed by atoms with E-state index >= 15 is 0 Å². The second kappa shape index (κ2) is 6.26. The fourth-order valence-electron chi connectivity index (χ4n) is 2.66. The van der Waals surface area contributed by atoms with Crippen LogP contribution in [0.4, 0.5) is 5.69 Å². The summed E-state index contributed by atoms with van der Waals surface area (Å²) in [4.78, 5) is 25.1. The number of carboxylic acid groups (broad SMARTS) is 1. The lowest BCUT2D eigenvalue weighted by atomic mass is 9.98. The third kappa shape index (κ3) is 3.42. The maximum atomic E-state index is 12.5. The van der Waals surface area contributed by atoms with Crippen molar-refractivity contribution < 1.29 is 14.7 Å². The smallest absolute Gasteiger partial charge is 0.304 e. The van der Waals surface area contributed by atoms with E-state index in [1.165, 1.54) is 0 Å². The van der Waals surface area contributed by atoms with E-state index in [-0.39, 0.29) is 36.6 Å². The van der Waals surface area contributed by atoms with Gasteiger partial charge in [-0.1, -0.05) is 32.0 Å². The van der Waals surface area contributed by atoms with Gasteiger partial charge in [0.2, 0.25) is 5.91 Å². The molecule has 114 valence electrons. The number of carbonyl (C=O) groups is 2. The highest BCUT2D eigenvalue weighted by Crippen LogP contribution is 2.38. The molecule has 2 rings (SSSR count). The number of anilines is 1. The molecule has 1 aromatic rings. The standard InChI is InChI=1S/C16H22N2O3/c1-10(2)13(17)8-15(19)18-9-11(7-16(20)21)12-5-3-4-6-14(12)18/h3-6,10-11,13H,7-9,17H2,1-2H3,(H,20,21). The van der Waals surface area contributed by atoms with E-state index in [0.717, 1.165) is 11.3 Å². The van der Waals surface area contributed by atoms with Crippen LogP contribution in [-0.4, -0.2) is 29.6 Å². The Morgan fingerprint density at radius 2 is 2.05 bits per heavy atom. The predicted molar refractivity (Wildman–Crippen MR) is 81.2 cm³/mol. The van der Waals surface area contributed by atoms with Crippen LogP contribution in [0.5, 0.6) is 0 Å². The van der Waals surface area contributed by atoms with Gasteiger partial charge in [-0.25, -0.2) is 0 Å². The van der Waals surface area contributed by atoms with Gasteiger partial charge in [0, 0.05) is 30.6 Å². The Kier molecular flexibility index (Phi) is 4.63. The third-order valence-electron chi connectivity index (χ3n) is 4.06. The first-order valence-corrected chi connectivity index (χ1v) is 7.26. The lowest BCUT2D eigenvalue weighted by Gasteiger charge is -2.21. The van der Waals surface area contributed by atoms with Crippen LogP contribution in [-0.2, 0) is 9.59 Å². The molecule has 0 saturated heterocycles. The molecule has 1 aliphatic heterocycles. The molecule has 0 aliphatic carbocycles. The zero-order valence-corrected chi connectivity index (χ0v) is 12.5. The average Bonchev–Trinajstić information content (AvgIpc) is 2.77. The van der Waals surface area contributed by atoms with Crippen molar-refractivity contribution in [2.75, 3.05) is 11.4 Å². The number of nitrogens with zero attached hydrogens (tertiary/aromatic N) is 1. The van der Waals surface area contributed by atoms with Gasteiger partial charge in [-0.2, -0.15) is 0 Å². The van der Waals surface area contributed by atoms with Gasteiger partial charge in [-0.3, -0.25) is 9.59 Å². The van der Waals surface area contributed by atoms with Crippen LogP contribution in [0.25, 0.3) is 0 Å². The summed E-state index contributed by atoms with van der Waals surface area (Å²) < 4.78 is 0. The van der Waals surface area contributed by atoms with Crippen LogP contribution >= 0.6 is 0 Å². The Balaban J connectivity index is 2.18. The number of hydrogen-bond acceptors (Lipinski definition) is 3. The molecule has 0 saturated carbocycles. The van der Waals surface area contributed by atoms with Crippen molar-refractivity contribution in [1.82, 2.24) is 0 Å². The van der Waals surface area contributed by atoms with Crippen molar-refractivity contribution in [3.05, 3.63) is 29.8 Å². The first-order chi connectivity index (χ1) is 9.90. The van der Waals surface area contributed by atoms with Crippen molar-refractivity contribution in [2.45, 2.75) is 38.6 Å². The van der Waals surface area contributed by atoms with Gasteiger partial charge in [0.15, 0.2) is 0 Å². The highest BCUT2D eigenvalue weighted by atomic mass is 16.4. The Morgan fingerprint density at radius 3 is 2.67 bits per heavy atom.